The molecule has 15 heteroatoms. The van der Waals surface area contributed by atoms with Crippen LogP contribution in [0.5, 0.6) is 0 Å². The second-order valence-corrected chi connectivity index (χ2v) is 8.92. The van der Waals surface area contributed by atoms with E-state index in [0.717, 1.165) is 45.9 Å². The lowest BCUT2D eigenvalue weighted by molar-refractivity contribution is -0.193. The van der Waals surface area contributed by atoms with Crippen LogP contribution in [-0.4, -0.2) is 99.8 Å². The fourth-order valence-corrected chi connectivity index (χ4v) is 3.59. The molecule has 1 aromatic rings. The molecule has 1 saturated heterocycles. The Bertz CT molecular complexity index is 774. The lowest BCUT2D eigenvalue weighted by Gasteiger charge is -2.30. The highest BCUT2D eigenvalue weighted by Crippen LogP contribution is 2.21. The maximum atomic E-state index is 10.6. The van der Waals surface area contributed by atoms with Crippen molar-refractivity contribution in [3.05, 3.63) is 18.2 Å². The van der Waals surface area contributed by atoms with E-state index in [1.54, 1.807) is 0 Å². The number of aliphatic carboxylic acids is 2. The van der Waals surface area contributed by atoms with Gasteiger partial charge in [0.2, 0.25) is 0 Å². The van der Waals surface area contributed by atoms with Gasteiger partial charge in [0.25, 0.3) is 0 Å². The molecule has 2 aliphatic rings. The fourth-order valence-electron chi connectivity index (χ4n) is 3.59. The lowest BCUT2D eigenvalue weighted by Crippen LogP contribution is -2.39. The molecule has 208 valence electrons. The van der Waals surface area contributed by atoms with E-state index in [2.05, 4.69) is 46.4 Å². The van der Waals surface area contributed by atoms with Crippen molar-refractivity contribution in [2.24, 2.45) is 11.8 Å². The number of rotatable bonds is 5. The summed E-state index contributed by atoms with van der Waals surface area (Å²) in [6.07, 6.45) is -4.87. The minimum absolute atomic E-state index is 0.599. The quantitative estimate of drug-likeness (QED) is 0.556. The van der Waals surface area contributed by atoms with E-state index in [0.29, 0.717) is 17.9 Å². The fraction of sp³-hybridized carbons (Fsp3) is 0.762. The molecule has 0 bridgehead atoms. The third kappa shape index (κ3) is 11.6. The van der Waals surface area contributed by atoms with E-state index in [-0.39, 0.29) is 0 Å². The van der Waals surface area contributed by atoms with E-state index >= 15 is 0 Å². The summed E-state index contributed by atoms with van der Waals surface area (Å²) >= 11 is 0. The van der Waals surface area contributed by atoms with Crippen molar-refractivity contribution in [2.75, 3.05) is 39.9 Å². The van der Waals surface area contributed by atoms with Gasteiger partial charge in [-0.05, 0) is 33.2 Å². The van der Waals surface area contributed by atoms with Gasteiger partial charge in [-0.15, -0.1) is 0 Å². The SMILES string of the molecule is CC(C)N(C)CC1CN(CC2CCOC2)Cc2nccn2C1.O=C(O)C(F)(F)F.O=C(O)C(F)(F)F. The van der Waals surface area contributed by atoms with Crippen LogP contribution in [-0.2, 0) is 27.4 Å². The molecule has 0 amide bonds. The molecule has 2 atom stereocenters. The summed E-state index contributed by atoms with van der Waals surface area (Å²) in [5.74, 6) is -2.94. The summed E-state index contributed by atoms with van der Waals surface area (Å²) in [6, 6.07) is 0.599. The van der Waals surface area contributed by atoms with Gasteiger partial charge in [0, 0.05) is 57.1 Å². The van der Waals surface area contributed by atoms with Gasteiger partial charge >= 0.3 is 24.3 Å². The summed E-state index contributed by atoms with van der Waals surface area (Å²) in [5, 5.41) is 14.2. The van der Waals surface area contributed by atoms with E-state index in [4.69, 9.17) is 24.5 Å². The maximum absolute atomic E-state index is 10.6. The van der Waals surface area contributed by atoms with Crippen LogP contribution >= 0.6 is 0 Å². The molecule has 1 aromatic heterocycles. The van der Waals surface area contributed by atoms with Gasteiger partial charge in [-0.3, -0.25) is 4.90 Å². The van der Waals surface area contributed by atoms with E-state index in [1.165, 1.54) is 12.2 Å². The van der Waals surface area contributed by atoms with Crippen LogP contribution in [0.15, 0.2) is 12.4 Å². The Labute approximate surface area is 204 Å². The zero-order valence-electron chi connectivity index (χ0n) is 20.2. The summed E-state index contributed by atoms with van der Waals surface area (Å²) in [5.41, 5.74) is 0. The molecule has 0 aliphatic carbocycles. The summed E-state index contributed by atoms with van der Waals surface area (Å²) in [4.78, 5) is 27.4. The largest absolute Gasteiger partial charge is 0.490 e. The molecular weight excluding hydrogens is 502 g/mol. The predicted molar refractivity (Wildman–Crippen MR) is 115 cm³/mol. The predicted octanol–water partition coefficient (Wildman–Crippen LogP) is 2.96. The van der Waals surface area contributed by atoms with Crippen molar-refractivity contribution in [2.45, 2.75) is 51.8 Å². The highest BCUT2D eigenvalue weighted by molar-refractivity contribution is 5.73. The van der Waals surface area contributed by atoms with Gasteiger partial charge in [0.05, 0.1) is 13.2 Å². The number of carboxylic acid groups (broad SMARTS) is 2. The second-order valence-electron chi connectivity index (χ2n) is 8.92. The number of alkyl halides is 6. The zero-order valence-corrected chi connectivity index (χ0v) is 20.2. The number of ether oxygens (including phenoxy) is 1. The third-order valence-corrected chi connectivity index (χ3v) is 5.59. The molecule has 0 aromatic carbocycles. The van der Waals surface area contributed by atoms with Crippen molar-refractivity contribution in [3.63, 3.8) is 0 Å². The molecule has 2 unspecified atom stereocenters. The molecule has 2 N–H and O–H groups in total. The Hall–Kier alpha value is -2.39. The average molecular weight is 534 g/mol. The zero-order chi connectivity index (χ0) is 27.7. The Morgan fingerprint density at radius 3 is 2.11 bits per heavy atom. The van der Waals surface area contributed by atoms with Crippen molar-refractivity contribution in [3.8, 4) is 0 Å². The smallest absolute Gasteiger partial charge is 0.475 e. The van der Waals surface area contributed by atoms with Crippen molar-refractivity contribution in [1.29, 1.82) is 0 Å². The number of hydrogen-bond donors (Lipinski definition) is 2. The van der Waals surface area contributed by atoms with Crippen molar-refractivity contribution >= 4 is 11.9 Å². The molecule has 1 fully saturated rings. The lowest BCUT2D eigenvalue weighted by atomic mass is 10.1. The first-order chi connectivity index (χ1) is 16.5. The second kappa shape index (κ2) is 13.8. The normalized spacial score (nSPS) is 20.6. The summed E-state index contributed by atoms with van der Waals surface area (Å²) in [7, 11) is 2.24. The number of nitrogens with zero attached hydrogens (tertiary/aromatic N) is 4. The first-order valence-corrected chi connectivity index (χ1v) is 11.1. The Kier molecular flexibility index (Phi) is 12.1. The molecule has 0 radical (unpaired) electrons. The van der Waals surface area contributed by atoms with Crippen molar-refractivity contribution < 1.29 is 50.9 Å². The first kappa shape index (κ1) is 31.6. The molecular formula is C21H32F6N4O5. The van der Waals surface area contributed by atoms with E-state index < -0.39 is 24.3 Å². The Morgan fingerprint density at radius 1 is 1.11 bits per heavy atom. The third-order valence-electron chi connectivity index (χ3n) is 5.59. The van der Waals surface area contributed by atoms with Crippen LogP contribution in [0.2, 0.25) is 0 Å². The standard InChI is InChI=1S/C17H30N4O.2C2HF3O2/c1-14(2)19(3)8-16-10-20(9-15-4-7-22-13-15)12-17-18-5-6-21(17)11-16;2*3-2(4,5)1(6)7/h5-6,14-16H,4,7-13H2,1-3H3;2*(H,6,7). The van der Waals surface area contributed by atoms with Gasteiger partial charge in [-0.1, -0.05) is 0 Å². The number of aromatic nitrogens is 2. The number of hydrogen-bond acceptors (Lipinski definition) is 6. The number of carbonyl (C=O) groups is 2. The van der Waals surface area contributed by atoms with E-state index in [1.807, 2.05) is 6.20 Å². The van der Waals surface area contributed by atoms with Crippen LogP contribution < -0.4 is 0 Å². The Morgan fingerprint density at radius 2 is 1.67 bits per heavy atom. The van der Waals surface area contributed by atoms with Crippen molar-refractivity contribution in [1.82, 2.24) is 19.4 Å². The van der Waals surface area contributed by atoms with Crippen LogP contribution in [0, 0.1) is 11.8 Å². The van der Waals surface area contributed by atoms with Gasteiger partial charge < -0.3 is 24.4 Å². The van der Waals surface area contributed by atoms with Crippen LogP contribution in [0.1, 0.15) is 26.1 Å². The minimum atomic E-state index is -5.08. The summed E-state index contributed by atoms with van der Waals surface area (Å²) < 4.78 is 71.4. The monoisotopic (exact) mass is 534 g/mol. The van der Waals surface area contributed by atoms with Crippen LogP contribution in [0.4, 0.5) is 26.3 Å². The molecule has 2 aliphatic heterocycles. The van der Waals surface area contributed by atoms with E-state index in [9.17, 15) is 26.3 Å². The van der Waals surface area contributed by atoms with Crippen LogP contribution in [0.25, 0.3) is 0 Å². The number of halogens is 6. The minimum Gasteiger partial charge on any atom is -0.475 e. The number of imidazole rings is 1. The topological polar surface area (TPSA) is 108 Å². The molecule has 0 saturated carbocycles. The average Bonchev–Trinajstić information content (AvgIpc) is 3.36. The van der Waals surface area contributed by atoms with Gasteiger partial charge in [-0.2, -0.15) is 26.3 Å². The number of carboxylic acids is 2. The van der Waals surface area contributed by atoms with Gasteiger partial charge in [0.1, 0.15) is 5.82 Å². The molecule has 0 spiro atoms. The molecule has 36 heavy (non-hydrogen) atoms. The molecule has 3 heterocycles. The first-order valence-electron chi connectivity index (χ1n) is 11.1. The highest BCUT2D eigenvalue weighted by Gasteiger charge is 2.38. The molecule has 9 nitrogen and oxygen atoms in total. The van der Waals surface area contributed by atoms with Gasteiger partial charge in [0.15, 0.2) is 0 Å². The Balaban J connectivity index is 0.000000383. The molecule has 3 rings (SSSR count). The maximum Gasteiger partial charge on any atom is 0.490 e. The van der Waals surface area contributed by atoms with Crippen LogP contribution in [0.3, 0.4) is 0 Å². The van der Waals surface area contributed by atoms with Gasteiger partial charge in [-0.25, -0.2) is 14.6 Å². The summed E-state index contributed by atoms with van der Waals surface area (Å²) in [6.45, 7) is 11.9. The highest BCUT2D eigenvalue weighted by atomic mass is 19.4. The number of fused-ring (bicyclic) bond motifs is 1.